The molecule has 0 spiro atoms. The first kappa shape index (κ1) is 21.1. The first-order valence-electron chi connectivity index (χ1n) is 10.7. The van der Waals surface area contributed by atoms with E-state index >= 15 is 0 Å². The van der Waals surface area contributed by atoms with Crippen molar-refractivity contribution in [2.24, 2.45) is 22.2 Å². The van der Waals surface area contributed by atoms with Crippen molar-refractivity contribution in [3.63, 3.8) is 0 Å². The highest BCUT2D eigenvalue weighted by atomic mass is 16.5. The van der Waals surface area contributed by atoms with Crippen molar-refractivity contribution < 1.29 is 19.1 Å². The normalized spacial score (nSPS) is 37.5. The van der Waals surface area contributed by atoms with E-state index in [0.29, 0.717) is 12.5 Å². The highest BCUT2D eigenvalue weighted by molar-refractivity contribution is 5.91. The van der Waals surface area contributed by atoms with Gasteiger partial charge in [-0.05, 0) is 61.7 Å². The lowest BCUT2D eigenvalue weighted by Crippen LogP contribution is -2.50. The van der Waals surface area contributed by atoms with Gasteiger partial charge in [0, 0.05) is 5.41 Å². The topological polar surface area (TPSA) is 52.6 Å². The molecule has 0 radical (unpaired) electrons. The molecule has 3 aliphatic rings. The summed E-state index contributed by atoms with van der Waals surface area (Å²) in [5.41, 5.74) is 3.77. The minimum absolute atomic E-state index is 0.0313. The summed E-state index contributed by atoms with van der Waals surface area (Å²) in [6.07, 6.45) is 11.1. The van der Waals surface area contributed by atoms with Crippen LogP contribution in [0.25, 0.3) is 0 Å². The fraction of sp³-hybridized carbons (Fsp3) is 0.750. The van der Waals surface area contributed by atoms with E-state index in [2.05, 4.69) is 38.2 Å². The molecule has 4 unspecified atom stereocenters. The molecule has 28 heavy (non-hydrogen) atoms. The predicted octanol–water partition coefficient (Wildman–Crippen LogP) is 5.37. The zero-order chi connectivity index (χ0) is 20.6. The number of ether oxygens (including phenoxy) is 2. The molecule has 3 rings (SSSR count). The molecule has 4 nitrogen and oxygen atoms in total. The van der Waals surface area contributed by atoms with Gasteiger partial charge in [0.25, 0.3) is 0 Å². The van der Waals surface area contributed by atoms with Crippen molar-refractivity contribution in [3.05, 3.63) is 23.8 Å². The number of carbonyl (C=O) groups excluding carboxylic acids is 2. The van der Waals surface area contributed by atoms with Crippen LogP contribution in [-0.2, 0) is 19.1 Å². The van der Waals surface area contributed by atoms with Gasteiger partial charge in [0.05, 0.1) is 13.7 Å². The van der Waals surface area contributed by atoms with E-state index in [9.17, 15) is 9.59 Å². The Labute approximate surface area is 169 Å². The molecule has 4 atom stereocenters. The Morgan fingerprint density at radius 2 is 1.89 bits per heavy atom. The van der Waals surface area contributed by atoms with Gasteiger partial charge in [-0.25, -0.2) is 0 Å². The van der Waals surface area contributed by atoms with Crippen LogP contribution in [0.1, 0.15) is 78.6 Å². The number of methoxy groups -OCH3 is 1. The van der Waals surface area contributed by atoms with Crippen LogP contribution < -0.4 is 0 Å². The van der Waals surface area contributed by atoms with Gasteiger partial charge < -0.3 is 9.47 Å². The molecule has 0 heterocycles. The lowest BCUT2D eigenvalue weighted by Gasteiger charge is -2.57. The average molecular weight is 389 g/mol. The lowest BCUT2D eigenvalue weighted by molar-refractivity contribution is -0.158. The summed E-state index contributed by atoms with van der Waals surface area (Å²) in [6, 6.07) is 0. The van der Waals surface area contributed by atoms with Crippen molar-refractivity contribution in [2.75, 3.05) is 13.7 Å². The Kier molecular flexibility index (Phi) is 5.80. The van der Waals surface area contributed by atoms with Gasteiger partial charge in [-0.2, -0.15) is 0 Å². The Bertz CT molecular complexity index is 693. The SMILES string of the molecule is C=CC1(C)CCC2=C(CCC3C(C)(COC(=O)CC(=O)OC)CCCC23C)C1. The number of hydrogen-bond donors (Lipinski definition) is 0. The maximum atomic E-state index is 12.0. The summed E-state index contributed by atoms with van der Waals surface area (Å²) in [5, 5.41) is 0. The van der Waals surface area contributed by atoms with E-state index in [-0.39, 0.29) is 22.7 Å². The summed E-state index contributed by atoms with van der Waals surface area (Å²) in [7, 11) is 1.29. The molecule has 0 saturated heterocycles. The van der Waals surface area contributed by atoms with Crippen LogP contribution in [0.15, 0.2) is 23.8 Å². The van der Waals surface area contributed by atoms with Crippen molar-refractivity contribution in [2.45, 2.75) is 78.6 Å². The molecule has 0 amide bonds. The molecule has 0 bridgehead atoms. The molecule has 4 heteroatoms. The molecule has 1 fully saturated rings. The second-order valence-electron chi connectivity index (χ2n) is 10.0. The van der Waals surface area contributed by atoms with Crippen molar-refractivity contribution in [1.82, 2.24) is 0 Å². The third-order valence-electron chi connectivity index (χ3n) is 8.04. The Morgan fingerprint density at radius 3 is 2.57 bits per heavy atom. The number of allylic oxidation sites excluding steroid dienone is 3. The molecule has 0 aromatic heterocycles. The van der Waals surface area contributed by atoms with E-state index < -0.39 is 11.9 Å². The Balaban J connectivity index is 1.77. The fourth-order valence-electron chi connectivity index (χ4n) is 6.36. The van der Waals surface area contributed by atoms with E-state index in [1.807, 2.05) is 0 Å². The molecule has 1 saturated carbocycles. The number of carbonyl (C=O) groups is 2. The second kappa shape index (κ2) is 7.68. The first-order valence-corrected chi connectivity index (χ1v) is 10.7. The van der Waals surface area contributed by atoms with Gasteiger partial charge in [0.1, 0.15) is 6.42 Å². The maximum Gasteiger partial charge on any atom is 0.317 e. The number of fused-ring (bicyclic) bond motifs is 2. The van der Waals surface area contributed by atoms with E-state index in [4.69, 9.17) is 4.74 Å². The van der Waals surface area contributed by atoms with Gasteiger partial charge in [-0.3, -0.25) is 9.59 Å². The number of hydrogen-bond acceptors (Lipinski definition) is 4. The largest absolute Gasteiger partial charge is 0.469 e. The van der Waals surface area contributed by atoms with Crippen molar-refractivity contribution in [1.29, 1.82) is 0 Å². The van der Waals surface area contributed by atoms with Crippen LogP contribution in [0.2, 0.25) is 0 Å². The summed E-state index contributed by atoms with van der Waals surface area (Å²) < 4.78 is 10.1. The van der Waals surface area contributed by atoms with Crippen LogP contribution in [-0.4, -0.2) is 25.7 Å². The molecular formula is C24H36O4. The number of esters is 2. The van der Waals surface area contributed by atoms with Crippen molar-refractivity contribution in [3.8, 4) is 0 Å². The van der Waals surface area contributed by atoms with E-state index in [1.165, 1.54) is 26.4 Å². The maximum absolute atomic E-state index is 12.0. The monoisotopic (exact) mass is 388 g/mol. The molecule has 3 aliphatic carbocycles. The summed E-state index contributed by atoms with van der Waals surface area (Å²) in [5.74, 6) is -0.495. The molecular weight excluding hydrogens is 352 g/mol. The smallest absolute Gasteiger partial charge is 0.317 e. The zero-order valence-electron chi connectivity index (χ0n) is 18.1. The van der Waals surface area contributed by atoms with Gasteiger partial charge in [0.2, 0.25) is 0 Å². The third-order valence-corrected chi connectivity index (χ3v) is 8.04. The molecule has 0 N–H and O–H groups in total. The minimum Gasteiger partial charge on any atom is -0.469 e. The Hall–Kier alpha value is -1.58. The van der Waals surface area contributed by atoms with E-state index in [1.54, 1.807) is 11.1 Å². The molecule has 0 aliphatic heterocycles. The first-order chi connectivity index (χ1) is 13.2. The summed E-state index contributed by atoms with van der Waals surface area (Å²) in [6.45, 7) is 11.6. The van der Waals surface area contributed by atoms with E-state index in [0.717, 1.165) is 32.1 Å². The fourth-order valence-corrected chi connectivity index (χ4v) is 6.36. The van der Waals surface area contributed by atoms with Gasteiger partial charge in [0.15, 0.2) is 0 Å². The van der Waals surface area contributed by atoms with Gasteiger partial charge in [-0.1, -0.05) is 44.4 Å². The quantitative estimate of drug-likeness (QED) is 0.361. The van der Waals surface area contributed by atoms with Crippen molar-refractivity contribution >= 4 is 11.9 Å². The average Bonchev–Trinajstić information content (AvgIpc) is 2.66. The molecule has 0 aromatic rings. The highest BCUT2D eigenvalue weighted by Crippen LogP contribution is 2.63. The lowest BCUT2D eigenvalue weighted by atomic mass is 9.47. The molecule has 0 aromatic carbocycles. The van der Waals surface area contributed by atoms with Crippen LogP contribution in [0.5, 0.6) is 0 Å². The summed E-state index contributed by atoms with van der Waals surface area (Å²) >= 11 is 0. The minimum atomic E-state index is -0.538. The van der Waals surface area contributed by atoms with Crippen LogP contribution >= 0.6 is 0 Å². The Morgan fingerprint density at radius 1 is 1.14 bits per heavy atom. The molecule has 156 valence electrons. The third kappa shape index (κ3) is 3.79. The van der Waals surface area contributed by atoms with Gasteiger partial charge >= 0.3 is 11.9 Å². The van der Waals surface area contributed by atoms with Gasteiger partial charge in [-0.15, -0.1) is 6.58 Å². The number of rotatable bonds is 5. The predicted molar refractivity (Wildman–Crippen MR) is 110 cm³/mol. The van der Waals surface area contributed by atoms with Crippen LogP contribution in [0.3, 0.4) is 0 Å². The highest BCUT2D eigenvalue weighted by Gasteiger charge is 2.53. The zero-order valence-corrected chi connectivity index (χ0v) is 18.1. The summed E-state index contributed by atoms with van der Waals surface area (Å²) in [4.78, 5) is 23.4. The van der Waals surface area contributed by atoms with Crippen LogP contribution in [0, 0.1) is 22.2 Å². The second-order valence-corrected chi connectivity index (χ2v) is 10.0. The standard InChI is InChI=1S/C24H36O4/c1-6-22(2)13-10-18-17(15-22)8-9-19-23(3,11-7-12-24(18,19)4)16-28-21(26)14-20(25)27-5/h6,19H,1,7-16H2,2-5H3. The van der Waals surface area contributed by atoms with Crippen LogP contribution in [0.4, 0.5) is 0 Å².